The maximum Gasteiger partial charge on any atom is 0.0913 e. The van der Waals surface area contributed by atoms with Crippen LogP contribution in [0.3, 0.4) is 0 Å². The summed E-state index contributed by atoms with van der Waals surface area (Å²) in [6.45, 7) is 3.13. The highest BCUT2D eigenvalue weighted by Gasteiger charge is 2.26. The Morgan fingerprint density at radius 1 is 1.37 bits per heavy atom. The van der Waals surface area contributed by atoms with Crippen LogP contribution in [0.5, 0.6) is 0 Å². The van der Waals surface area contributed by atoms with E-state index in [-0.39, 0.29) is 0 Å². The van der Waals surface area contributed by atoms with Crippen LogP contribution in [-0.2, 0) is 0 Å². The number of nitrogens with zero attached hydrogens (tertiary/aromatic N) is 1. The number of anilines is 1. The molecule has 1 aromatic carbocycles. The number of hydrogen-bond acceptors (Lipinski definition) is 2. The molecular formula is C15H16BrClN2. The quantitative estimate of drug-likeness (QED) is 0.812. The largest absolute Gasteiger partial charge is 0.384 e. The van der Waals surface area contributed by atoms with E-state index in [2.05, 4.69) is 40.3 Å². The Hall–Kier alpha value is -0.800. The summed E-state index contributed by atoms with van der Waals surface area (Å²) in [6.07, 6.45) is 3.60. The lowest BCUT2D eigenvalue weighted by atomic mass is 10.1. The molecule has 1 N–H and O–H groups in total. The molecule has 1 aliphatic rings. The lowest BCUT2D eigenvalue weighted by Crippen LogP contribution is -2.02. The topological polar surface area (TPSA) is 24.9 Å². The van der Waals surface area contributed by atoms with E-state index in [1.165, 1.54) is 18.5 Å². The fourth-order valence-corrected chi connectivity index (χ4v) is 3.12. The van der Waals surface area contributed by atoms with Crippen LogP contribution in [0.15, 0.2) is 22.7 Å². The van der Waals surface area contributed by atoms with Crippen LogP contribution >= 0.6 is 27.5 Å². The van der Waals surface area contributed by atoms with Gasteiger partial charge in [-0.2, -0.15) is 0 Å². The predicted octanol–water partition coefficient (Wildman–Crippen LogP) is 5.35. The van der Waals surface area contributed by atoms with E-state index < -0.39 is 0 Å². The molecule has 3 rings (SSSR count). The Bertz CT molecular complexity index is 623. The van der Waals surface area contributed by atoms with Crippen LogP contribution < -0.4 is 5.32 Å². The number of halogens is 2. The second-order valence-corrected chi connectivity index (χ2v) is 6.40. The summed E-state index contributed by atoms with van der Waals surface area (Å²) in [6, 6.07) is 6.19. The molecule has 1 aliphatic carbocycles. The average molecular weight is 340 g/mol. The third kappa shape index (κ3) is 2.72. The Kier molecular flexibility index (Phi) is 3.68. The molecule has 0 atom stereocenters. The molecule has 1 heterocycles. The molecule has 0 unspecified atom stereocenters. The molecule has 0 amide bonds. The first kappa shape index (κ1) is 13.2. The van der Waals surface area contributed by atoms with Crippen molar-refractivity contribution >= 4 is 44.1 Å². The molecule has 1 saturated carbocycles. The normalized spacial score (nSPS) is 14.9. The van der Waals surface area contributed by atoms with Crippen molar-refractivity contribution in [1.29, 1.82) is 0 Å². The first-order valence-corrected chi connectivity index (χ1v) is 7.89. The van der Waals surface area contributed by atoms with Crippen molar-refractivity contribution in [2.24, 2.45) is 0 Å². The van der Waals surface area contributed by atoms with Gasteiger partial charge in [0.2, 0.25) is 0 Å². The summed E-state index contributed by atoms with van der Waals surface area (Å²) in [5.74, 6) is 0.631. The van der Waals surface area contributed by atoms with E-state index in [0.717, 1.165) is 34.0 Å². The summed E-state index contributed by atoms with van der Waals surface area (Å²) in [7, 11) is 0. The molecule has 19 heavy (non-hydrogen) atoms. The molecular weight excluding hydrogens is 324 g/mol. The second-order valence-electron chi connectivity index (χ2n) is 5.08. The number of aromatic nitrogens is 1. The van der Waals surface area contributed by atoms with E-state index in [0.29, 0.717) is 10.9 Å². The van der Waals surface area contributed by atoms with Crippen molar-refractivity contribution in [3.8, 4) is 0 Å². The molecule has 0 radical (unpaired) electrons. The molecule has 100 valence electrons. The van der Waals surface area contributed by atoms with E-state index in [1.54, 1.807) is 0 Å². The van der Waals surface area contributed by atoms with Crippen molar-refractivity contribution in [2.75, 3.05) is 11.9 Å². The van der Waals surface area contributed by atoms with Crippen LogP contribution in [0, 0.1) is 0 Å². The van der Waals surface area contributed by atoms with Crippen molar-refractivity contribution < 1.29 is 0 Å². The molecule has 2 nitrogen and oxygen atoms in total. The van der Waals surface area contributed by atoms with Crippen molar-refractivity contribution in [3.63, 3.8) is 0 Å². The van der Waals surface area contributed by atoms with E-state index in [4.69, 9.17) is 16.6 Å². The summed E-state index contributed by atoms with van der Waals surface area (Å²) >= 11 is 9.85. The maximum atomic E-state index is 6.35. The average Bonchev–Trinajstić information content (AvgIpc) is 3.20. The number of hydrogen-bond donors (Lipinski definition) is 1. The minimum atomic E-state index is 0.631. The number of nitrogens with one attached hydrogen (secondary N) is 1. The van der Waals surface area contributed by atoms with Crippen molar-refractivity contribution in [2.45, 2.75) is 32.1 Å². The number of pyridine rings is 1. The van der Waals surface area contributed by atoms with Crippen molar-refractivity contribution in [1.82, 2.24) is 4.98 Å². The Balaban J connectivity index is 2.17. The van der Waals surface area contributed by atoms with Crippen LogP contribution in [0.2, 0.25) is 5.02 Å². The zero-order valence-corrected chi connectivity index (χ0v) is 13.2. The Morgan fingerprint density at radius 3 is 2.84 bits per heavy atom. The van der Waals surface area contributed by atoms with Gasteiger partial charge in [0.1, 0.15) is 0 Å². The zero-order valence-electron chi connectivity index (χ0n) is 10.8. The van der Waals surface area contributed by atoms with Gasteiger partial charge in [-0.25, -0.2) is 0 Å². The third-order valence-electron chi connectivity index (χ3n) is 3.41. The highest BCUT2D eigenvalue weighted by molar-refractivity contribution is 9.10. The van der Waals surface area contributed by atoms with Gasteiger partial charge in [0, 0.05) is 33.7 Å². The van der Waals surface area contributed by atoms with E-state index in [9.17, 15) is 0 Å². The molecule has 1 fully saturated rings. The SMILES string of the molecule is CCCNc1cc(C2CC2)nc2c(Cl)cc(Br)cc12. The second kappa shape index (κ2) is 5.29. The highest BCUT2D eigenvalue weighted by atomic mass is 79.9. The monoisotopic (exact) mass is 338 g/mol. The lowest BCUT2D eigenvalue weighted by Gasteiger charge is -2.12. The zero-order chi connectivity index (χ0) is 13.4. The summed E-state index contributed by atoms with van der Waals surface area (Å²) in [5, 5.41) is 5.30. The standard InChI is InChI=1S/C15H16BrClN2/c1-2-5-18-14-8-13(9-3-4-9)19-15-11(14)6-10(16)7-12(15)17/h6-9H,2-5H2,1H3,(H,18,19). The van der Waals surface area contributed by atoms with Gasteiger partial charge in [0.05, 0.1) is 10.5 Å². The summed E-state index contributed by atoms with van der Waals surface area (Å²) in [4.78, 5) is 4.75. The summed E-state index contributed by atoms with van der Waals surface area (Å²) in [5.41, 5.74) is 3.24. The predicted molar refractivity (Wildman–Crippen MR) is 85.2 cm³/mol. The molecule has 2 aromatic rings. The van der Waals surface area contributed by atoms with Gasteiger partial charge in [-0.1, -0.05) is 34.5 Å². The fourth-order valence-electron chi connectivity index (χ4n) is 2.27. The molecule has 0 saturated heterocycles. The maximum absolute atomic E-state index is 6.35. The Labute approximate surface area is 126 Å². The van der Waals surface area contributed by atoms with E-state index >= 15 is 0 Å². The first-order valence-electron chi connectivity index (χ1n) is 6.72. The lowest BCUT2D eigenvalue weighted by molar-refractivity contribution is 0.976. The van der Waals surface area contributed by atoms with Gasteiger partial charge in [0.15, 0.2) is 0 Å². The minimum absolute atomic E-state index is 0.631. The van der Waals surface area contributed by atoms with Crippen LogP contribution in [0.1, 0.15) is 37.8 Å². The van der Waals surface area contributed by atoms with Gasteiger partial charge < -0.3 is 5.32 Å². The fraction of sp³-hybridized carbons (Fsp3) is 0.400. The molecule has 4 heteroatoms. The van der Waals surface area contributed by atoms with Crippen LogP contribution in [0.25, 0.3) is 10.9 Å². The smallest absolute Gasteiger partial charge is 0.0913 e. The Morgan fingerprint density at radius 2 is 2.16 bits per heavy atom. The van der Waals surface area contributed by atoms with Crippen LogP contribution in [-0.4, -0.2) is 11.5 Å². The highest BCUT2D eigenvalue weighted by Crippen LogP contribution is 2.42. The van der Waals surface area contributed by atoms with Crippen molar-refractivity contribution in [3.05, 3.63) is 33.4 Å². The van der Waals surface area contributed by atoms with Gasteiger partial charge in [0.25, 0.3) is 0 Å². The van der Waals surface area contributed by atoms with Gasteiger partial charge >= 0.3 is 0 Å². The number of rotatable bonds is 4. The summed E-state index contributed by atoms with van der Waals surface area (Å²) < 4.78 is 0.991. The molecule has 1 aromatic heterocycles. The molecule has 0 spiro atoms. The third-order valence-corrected chi connectivity index (χ3v) is 4.16. The van der Waals surface area contributed by atoms with Gasteiger partial charge in [-0.15, -0.1) is 0 Å². The number of benzene rings is 1. The first-order chi connectivity index (χ1) is 9.19. The molecule has 0 bridgehead atoms. The minimum Gasteiger partial charge on any atom is -0.384 e. The van der Waals surface area contributed by atoms with Gasteiger partial charge in [-0.3, -0.25) is 4.98 Å². The number of fused-ring (bicyclic) bond motifs is 1. The van der Waals surface area contributed by atoms with Crippen LogP contribution in [0.4, 0.5) is 5.69 Å². The molecule has 0 aliphatic heterocycles. The van der Waals surface area contributed by atoms with Gasteiger partial charge in [-0.05, 0) is 37.5 Å². The van der Waals surface area contributed by atoms with E-state index in [1.807, 2.05) is 6.07 Å².